The number of hydrogen-bond acceptors (Lipinski definition) is 7. The highest BCUT2D eigenvalue weighted by molar-refractivity contribution is 6.15. The number of nitrogens with one attached hydrogen (secondary N) is 1. The first kappa shape index (κ1) is 36.0. The summed E-state index contributed by atoms with van der Waals surface area (Å²) in [4.78, 5) is 44.4. The van der Waals surface area contributed by atoms with Crippen LogP contribution in [0.2, 0.25) is 0 Å². The summed E-state index contributed by atoms with van der Waals surface area (Å²) in [6.07, 6.45) is 6.93. The van der Waals surface area contributed by atoms with E-state index >= 15 is 0 Å². The van der Waals surface area contributed by atoms with E-state index in [2.05, 4.69) is 21.0 Å². The minimum absolute atomic E-state index is 0.00621. The number of alkyl halides is 3. The lowest BCUT2D eigenvalue weighted by atomic mass is 9.85. The summed E-state index contributed by atoms with van der Waals surface area (Å²) in [6.45, 7) is 2.75. The summed E-state index contributed by atoms with van der Waals surface area (Å²) in [5, 5.41) is 8.69. The second-order valence-electron chi connectivity index (χ2n) is 13.1. The normalized spacial score (nSPS) is 19.8. The topological polar surface area (TPSA) is 157 Å². The molecule has 6 rings (SSSR count). The smallest absolute Gasteiger partial charge is 0.398 e. The summed E-state index contributed by atoms with van der Waals surface area (Å²) >= 11 is 0. The number of hydrogen-bond donors (Lipinski definition) is 3. The molecular formula is C38H38F3N9O2. The molecule has 5 N–H and O–H groups in total. The van der Waals surface area contributed by atoms with Gasteiger partial charge in [0, 0.05) is 67.5 Å². The molecule has 3 aliphatic heterocycles. The highest BCUT2D eigenvalue weighted by Crippen LogP contribution is 2.43. The van der Waals surface area contributed by atoms with Gasteiger partial charge in [0.15, 0.2) is 0 Å². The average Bonchev–Trinajstić information content (AvgIpc) is 3.71. The summed E-state index contributed by atoms with van der Waals surface area (Å²) in [7, 11) is 1.62. The number of halogens is 3. The summed E-state index contributed by atoms with van der Waals surface area (Å²) < 4.78 is 40.9. The number of nitrogens with two attached hydrogens (primary N) is 2. The standard InChI is InChI=1S/C38H38F3N9O2/c1-3-32-30(38(39,40)41)18-27(20-46-32)34(43)29-19-28(8-9-31(29)42)50-17-13-37(36(50)52)12-16-48(22-37)21-33(51)49-14-10-25(11-15-49)24-4-6-26(7-5-24)35(44)47-23-45-2/h1,4-10,18-20,23,43H,11-17,21-22,42H2,2H3,(H2,44,45,47)/t37-/m0/s1. The SMILES string of the molecule is C#Cc1ncc(C(=N)c2cc(N3CC[C@]4(CCN(CC(=O)N5CC=C(c6ccc(C(N)=NC=NC)cc6)CC5)C4)C3=O)ccc2N)cc1C(F)(F)F. The third-order valence-electron chi connectivity index (χ3n) is 9.97. The lowest BCUT2D eigenvalue weighted by Gasteiger charge is -2.29. The molecule has 268 valence electrons. The zero-order valence-corrected chi connectivity index (χ0v) is 28.6. The zero-order valence-electron chi connectivity index (χ0n) is 28.6. The molecule has 14 heteroatoms. The second kappa shape index (κ2) is 14.4. The molecule has 0 unspecified atom stereocenters. The van der Waals surface area contributed by atoms with Crippen LogP contribution in [0.15, 0.2) is 70.8 Å². The Labute approximate surface area is 299 Å². The average molecular weight is 710 g/mol. The number of aromatic nitrogens is 1. The molecule has 1 spiro atoms. The number of nitrogens with zero attached hydrogens (tertiary/aromatic N) is 6. The van der Waals surface area contributed by atoms with Gasteiger partial charge >= 0.3 is 6.18 Å². The third kappa shape index (κ3) is 7.17. The fraction of sp³-hybridized carbons (Fsp3) is 0.316. The van der Waals surface area contributed by atoms with Crippen LogP contribution < -0.4 is 16.4 Å². The van der Waals surface area contributed by atoms with Gasteiger partial charge in [0.25, 0.3) is 0 Å². The Hall–Kier alpha value is -5.81. The van der Waals surface area contributed by atoms with E-state index < -0.39 is 22.8 Å². The molecule has 4 heterocycles. The van der Waals surface area contributed by atoms with E-state index in [4.69, 9.17) is 23.3 Å². The molecule has 1 aromatic heterocycles. The van der Waals surface area contributed by atoms with E-state index in [-0.39, 0.29) is 40.9 Å². The molecule has 11 nitrogen and oxygen atoms in total. The van der Waals surface area contributed by atoms with E-state index in [9.17, 15) is 22.8 Å². The fourth-order valence-corrected chi connectivity index (χ4v) is 7.05. The Bertz CT molecular complexity index is 2050. The number of likely N-dealkylation sites (tertiary alicyclic amines) is 1. The second-order valence-corrected chi connectivity index (χ2v) is 13.1. The number of carbonyl (C=O) groups excluding carboxylic acids is 2. The van der Waals surface area contributed by atoms with Crippen molar-refractivity contribution >= 4 is 46.6 Å². The van der Waals surface area contributed by atoms with E-state index in [1.165, 1.54) is 12.4 Å². The van der Waals surface area contributed by atoms with Gasteiger partial charge in [-0.25, -0.2) is 9.98 Å². The van der Waals surface area contributed by atoms with Gasteiger partial charge in [0.05, 0.1) is 23.2 Å². The minimum Gasteiger partial charge on any atom is -0.398 e. The van der Waals surface area contributed by atoms with Gasteiger partial charge in [-0.05, 0) is 67.1 Å². The van der Waals surface area contributed by atoms with Gasteiger partial charge in [-0.3, -0.25) is 24.9 Å². The number of amidine groups is 1. The van der Waals surface area contributed by atoms with Crippen LogP contribution >= 0.6 is 0 Å². The molecule has 0 radical (unpaired) electrons. The van der Waals surface area contributed by atoms with Crippen LogP contribution in [0, 0.1) is 23.2 Å². The van der Waals surface area contributed by atoms with E-state index in [0.717, 1.165) is 29.0 Å². The highest BCUT2D eigenvalue weighted by Gasteiger charge is 2.51. The van der Waals surface area contributed by atoms with Crippen molar-refractivity contribution in [3.63, 3.8) is 0 Å². The summed E-state index contributed by atoms with van der Waals surface area (Å²) in [5.74, 6) is 2.23. The molecular weight excluding hydrogens is 671 g/mol. The lowest BCUT2D eigenvalue weighted by Crippen LogP contribution is -2.43. The minimum atomic E-state index is -4.76. The Morgan fingerprint density at radius 2 is 1.87 bits per heavy atom. The van der Waals surface area contributed by atoms with Crippen molar-refractivity contribution in [3.05, 3.63) is 94.3 Å². The molecule has 2 fully saturated rings. The van der Waals surface area contributed by atoms with Gasteiger partial charge < -0.3 is 21.3 Å². The number of benzene rings is 2. The lowest BCUT2D eigenvalue weighted by molar-refractivity contribution is -0.138. The molecule has 1 atom stereocenters. The van der Waals surface area contributed by atoms with Crippen LogP contribution in [0.4, 0.5) is 24.5 Å². The van der Waals surface area contributed by atoms with Crippen LogP contribution in [-0.2, 0) is 15.8 Å². The van der Waals surface area contributed by atoms with Gasteiger partial charge in [0.2, 0.25) is 11.8 Å². The Morgan fingerprint density at radius 1 is 1.12 bits per heavy atom. The predicted molar refractivity (Wildman–Crippen MR) is 195 cm³/mol. The molecule has 0 aliphatic carbocycles. The van der Waals surface area contributed by atoms with Crippen molar-refractivity contribution in [3.8, 4) is 12.3 Å². The number of terminal acetylenes is 1. The van der Waals surface area contributed by atoms with Crippen LogP contribution in [0.25, 0.3) is 5.57 Å². The Morgan fingerprint density at radius 3 is 2.54 bits per heavy atom. The van der Waals surface area contributed by atoms with Crippen LogP contribution in [-0.4, -0.2) is 90.8 Å². The third-order valence-corrected chi connectivity index (χ3v) is 9.97. The molecule has 2 aromatic carbocycles. The fourth-order valence-electron chi connectivity index (χ4n) is 7.05. The maximum absolute atomic E-state index is 13.9. The largest absolute Gasteiger partial charge is 0.419 e. The van der Waals surface area contributed by atoms with Crippen molar-refractivity contribution in [1.82, 2.24) is 14.8 Å². The quantitative estimate of drug-likeness (QED) is 0.138. The van der Waals surface area contributed by atoms with Gasteiger partial charge in [-0.2, -0.15) is 13.2 Å². The van der Waals surface area contributed by atoms with Gasteiger partial charge in [0.1, 0.15) is 17.9 Å². The first-order valence-electron chi connectivity index (χ1n) is 16.7. The van der Waals surface area contributed by atoms with Crippen LogP contribution in [0.1, 0.15) is 52.8 Å². The number of anilines is 2. The summed E-state index contributed by atoms with van der Waals surface area (Å²) in [6, 6.07) is 13.4. The first-order chi connectivity index (χ1) is 24.8. The van der Waals surface area contributed by atoms with Crippen LogP contribution in [0.3, 0.4) is 0 Å². The number of amides is 2. The number of nitrogen functional groups attached to an aromatic ring is 1. The Balaban J connectivity index is 1.08. The van der Waals surface area contributed by atoms with Crippen LogP contribution in [0.5, 0.6) is 0 Å². The van der Waals surface area contributed by atoms with Crippen molar-refractivity contribution in [2.24, 2.45) is 21.1 Å². The number of pyridine rings is 1. The molecule has 2 amide bonds. The maximum atomic E-state index is 13.9. The first-order valence-corrected chi connectivity index (χ1v) is 16.7. The number of rotatable bonds is 8. The Kier molecular flexibility index (Phi) is 9.99. The monoisotopic (exact) mass is 709 g/mol. The molecule has 2 saturated heterocycles. The predicted octanol–water partition coefficient (Wildman–Crippen LogP) is 4.19. The molecule has 0 saturated carbocycles. The van der Waals surface area contributed by atoms with Gasteiger partial charge in [-0.1, -0.05) is 30.3 Å². The van der Waals surface area contributed by atoms with Gasteiger partial charge in [-0.15, -0.1) is 6.42 Å². The maximum Gasteiger partial charge on any atom is 0.419 e. The molecule has 3 aromatic rings. The van der Waals surface area contributed by atoms with E-state index in [1.807, 2.05) is 40.0 Å². The van der Waals surface area contributed by atoms with E-state index in [1.54, 1.807) is 24.1 Å². The number of carbonyl (C=O) groups is 2. The zero-order chi connectivity index (χ0) is 37.2. The van der Waals surface area contributed by atoms with Crippen molar-refractivity contribution < 1.29 is 22.8 Å². The molecule has 3 aliphatic rings. The van der Waals surface area contributed by atoms with Crippen molar-refractivity contribution in [2.75, 3.05) is 56.9 Å². The van der Waals surface area contributed by atoms with E-state index in [0.29, 0.717) is 63.5 Å². The number of aliphatic imine (C=N–C) groups is 2. The highest BCUT2D eigenvalue weighted by atomic mass is 19.4. The summed E-state index contributed by atoms with van der Waals surface area (Å²) in [5.41, 5.74) is 13.3. The van der Waals surface area contributed by atoms with Crippen molar-refractivity contribution in [1.29, 1.82) is 5.41 Å². The molecule has 52 heavy (non-hydrogen) atoms. The van der Waals surface area contributed by atoms with Crippen molar-refractivity contribution in [2.45, 2.75) is 25.4 Å². The molecule has 0 bridgehead atoms.